The van der Waals surface area contributed by atoms with Crippen LogP contribution in [0.25, 0.3) is 21.9 Å². The predicted octanol–water partition coefficient (Wildman–Crippen LogP) is 7.04. The van der Waals surface area contributed by atoms with Crippen molar-refractivity contribution in [2.75, 3.05) is 0 Å². The Balaban J connectivity index is 2.36. The maximum absolute atomic E-state index is 2.30. The van der Waals surface area contributed by atoms with E-state index in [4.69, 9.17) is 0 Å². The van der Waals surface area contributed by atoms with Crippen molar-refractivity contribution in [2.45, 2.75) is 34.6 Å². The van der Waals surface area contributed by atoms with Gasteiger partial charge in [0.05, 0.1) is 0 Å². The molecule has 0 fully saturated rings. The topological polar surface area (TPSA) is 0 Å². The van der Waals surface area contributed by atoms with Crippen LogP contribution in [0.5, 0.6) is 0 Å². The van der Waals surface area contributed by atoms with Gasteiger partial charge in [0.1, 0.15) is 0 Å². The highest BCUT2D eigenvalue weighted by Crippen LogP contribution is 2.37. The van der Waals surface area contributed by atoms with Gasteiger partial charge in [0, 0.05) is 0 Å². The lowest BCUT2D eigenvalue weighted by Gasteiger charge is -2.21. The molecule has 0 heteroatoms. The predicted molar refractivity (Wildman–Crippen MR) is 107 cm³/mol. The van der Waals surface area contributed by atoms with E-state index < -0.39 is 0 Å². The van der Waals surface area contributed by atoms with Crippen molar-refractivity contribution in [3.8, 4) is 0 Å². The summed E-state index contributed by atoms with van der Waals surface area (Å²) in [4.78, 5) is 0. The van der Waals surface area contributed by atoms with Gasteiger partial charge in [0.25, 0.3) is 0 Å². The van der Waals surface area contributed by atoms with Gasteiger partial charge in [-0.2, -0.15) is 0 Å². The van der Waals surface area contributed by atoms with Crippen molar-refractivity contribution >= 4 is 21.9 Å². The number of allylic oxidation sites excluding steroid dienone is 2. The van der Waals surface area contributed by atoms with Gasteiger partial charge >= 0.3 is 0 Å². The summed E-state index contributed by atoms with van der Waals surface area (Å²) in [6, 6.07) is 21.9. The third-order valence-electron chi connectivity index (χ3n) is 4.93. The van der Waals surface area contributed by atoms with E-state index in [1.807, 2.05) is 0 Å². The lowest BCUT2D eigenvalue weighted by Crippen LogP contribution is -2.01. The van der Waals surface area contributed by atoms with Gasteiger partial charge in [-0.25, -0.2) is 0 Å². The summed E-state index contributed by atoms with van der Waals surface area (Å²) in [5.41, 5.74) is 8.30. The highest BCUT2D eigenvalue weighted by atomic mass is 14.2. The zero-order valence-electron chi connectivity index (χ0n) is 15.4. The lowest BCUT2D eigenvalue weighted by molar-refractivity contribution is 0.855. The number of hydrogen-bond donors (Lipinski definition) is 0. The Morgan fingerprint density at radius 1 is 0.750 bits per heavy atom. The Hall–Kier alpha value is -2.34. The molecule has 0 radical (unpaired) electrons. The fourth-order valence-corrected chi connectivity index (χ4v) is 3.83. The molecule has 0 atom stereocenters. The maximum Gasteiger partial charge on any atom is -0.0106 e. The molecule has 3 aromatic carbocycles. The van der Waals surface area contributed by atoms with Crippen molar-refractivity contribution < 1.29 is 0 Å². The van der Waals surface area contributed by atoms with Gasteiger partial charge in [-0.1, -0.05) is 74.5 Å². The van der Waals surface area contributed by atoms with E-state index in [1.165, 1.54) is 44.2 Å². The molecule has 0 bridgehead atoms. The van der Waals surface area contributed by atoms with Crippen molar-refractivity contribution in [1.29, 1.82) is 0 Å². The molecule has 3 rings (SSSR count). The van der Waals surface area contributed by atoms with Crippen LogP contribution in [0.2, 0.25) is 0 Å². The standard InChI is InChI=1S/C24H26/c1-16(2)23(21-12-8-6-10-17(21)3)19(5)24-18(4)14-15-20-11-7-9-13-22(20)24/h6-16H,1-5H3/b23-19+. The number of fused-ring (bicyclic) bond motifs is 1. The van der Waals surface area contributed by atoms with Crippen molar-refractivity contribution in [1.82, 2.24) is 0 Å². The quantitative estimate of drug-likeness (QED) is 0.455. The molecule has 0 spiro atoms. The van der Waals surface area contributed by atoms with E-state index in [2.05, 4.69) is 95.3 Å². The monoisotopic (exact) mass is 314 g/mol. The third kappa shape index (κ3) is 2.89. The minimum atomic E-state index is 0.476. The third-order valence-corrected chi connectivity index (χ3v) is 4.93. The second kappa shape index (κ2) is 6.65. The molecular weight excluding hydrogens is 288 g/mol. The maximum atomic E-state index is 2.30. The van der Waals surface area contributed by atoms with Gasteiger partial charge in [-0.15, -0.1) is 0 Å². The number of benzene rings is 3. The molecule has 0 saturated heterocycles. The summed E-state index contributed by atoms with van der Waals surface area (Å²) in [7, 11) is 0. The Kier molecular flexibility index (Phi) is 4.57. The zero-order chi connectivity index (χ0) is 17.3. The molecule has 122 valence electrons. The minimum absolute atomic E-state index is 0.476. The largest absolute Gasteiger partial charge is 0.0620 e. The molecule has 0 saturated carbocycles. The molecule has 0 N–H and O–H groups in total. The highest BCUT2D eigenvalue weighted by molar-refractivity contribution is 6.02. The summed E-state index contributed by atoms with van der Waals surface area (Å²) in [6.45, 7) is 11.3. The van der Waals surface area contributed by atoms with E-state index >= 15 is 0 Å². The fraction of sp³-hybridized carbons (Fsp3) is 0.250. The second-order valence-corrected chi connectivity index (χ2v) is 6.99. The fourth-order valence-electron chi connectivity index (χ4n) is 3.83. The summed E-state index contributed by atoms with van der Waals surface area (Å²) in [6.07, 6.45) is 0. The normalized spacial score (nSPS) is 12.6. The lowest BCUT2D eigenvalue weighted by atomic mass is 9.83. The van der Waals surface area contributed by atoms with E-state index in [9.17, 15) is 0 Å². The molecule has 0 unspecified atom stereocenters. The molecule has 0 aliphatic heterocycles. The number of rotatable bonds is 3. The smallest absolute Gasteiger partial charge is 0.0106 e. The molecule has 3 aromatic rings. The average molecular weight is 314 g/mol. The molecule has 0 aliphatic carbocycles. The van der Waals surface area contributed by atoms with Crippen LogP contribution >= 0.6 is 0 Å². The molecule has 0 nitrogen and oxygen atoms in total. The van der Waals surface area contributed by atoms with Crippen molar-refractivity contribution in [2.24, 2.45) is 5.92 Å². The summed E-state index contributed by atoms with van der Waals surface area (Å²) >= 11 is 0. The van der Waals surface area contributed by atoms with Gasteiger partial charge < -0.3 is 0 Å². The molecule has 0 aromatic heterocycles. The van der Waals surface area contributed by atoms with Gasteiger partial charge in [0.2, 0.25) is 0 Å². The van der Waals surface area contributed by atoms with Crippen LogP contribution in [-0.4, -0.2) is 0 Å². The van der Waals surface area contributed by atoms with Gasteiger partial charge in [-0.3, -0.25) is 0 Å². The van der Waals surface area contributed by atoms with Crippen LogP contribution in [0.1, 0.15) is 43.0 Å². The van der Waals surface area contributed by atoms with Gasteiger partial charge in [0.15, 0.2) is 0 Å². The Labute approximate surface area is 145 Å². The first-order valence-electron chi connectivity index (χ1n) is 8.76. The summed E-state index contributed by atoms with van der Waals surface area (Å²) in [5.74, 6) is 0.476. The van der Waals surface area contributed by atoms with E-state index in [0.29, 0.717) is 5.92 Å². The van der Waals surface area contributed by atoms with E-state index in [-0.39, 0.29) is 0 Å². The summed E-state index contributed by atoms with van der Waals surface area (Å²) < 4.78 is 0. The molecule has 0 heterocycles. The Bertz CT molecular complexity index is 910. The van der Waals surface area contributed by atoms with Crippen LogP contribution in [-0.2, 0) is 0 Å². The summed E-state index contributed by atoms with van der Waals surface area (Å²) in [5, 5.41) is 2.66. The van der Waals surface area contributed by atoms with Crippen LogP contribution in [0.15, 0.2) is 60.7 Å². The first kappa shape index (κ1) is 16.5. The molecule has 24 heavy (non-hydrogen) atoms. The Morgan fingerprint density at radius 2 is 1.42 bits per heavy atom. The van der Waals surface area contributed by atoms with Crippen LogP contribution < -0.4 is 0 Å². The first-order chi connectivity index (χ1) is 11.5. The number of aryl methyl sites for hydroxylation is 2. The first-order valence-corrected chi connectivity index (χ1v) is 8.76. The highest BCUT2D eigenvalue weighted by Gasteiger charge is 2.16. The average Bonchev–Trinajstić information content (AvgIpc) is 2.56. The Morgan fingerprint density at radius 3 is 2.12 bits per heavy atom. The minimum Gasteiger partial charge on any atom is -0.0620 e. The van der Waals surface area contributed by atoms with Crippen molar-refractivity contribution in [3.63, 3.8) is 0 Å². The van der Waals surface area contributed by atoms with Crippen LogP contribution in [0.3, 0.4) is 0 Å². The van der Waals surface area contributed by atoms with Gasteiger partial charge in [-0.05, 0) is 70.9 Å². The second-order valence-electron chi connectivity index (χ2n) is 6.99. The van der Waals surface area contributed by atoms with Crippen LogP contribution in [0, 0.1) is 19.8 Å². The zero-order valence-corrected chi connectivity index (χ0v) is 15.4. The number of hydrogen-bond acceptors (Lipinski definition) is 0. The van der Waals surface area contributed by atoms with Crippen molar-refractivity contribution in [3.05, 3.63) is 82.9 Å². The van der Waals surface area contributed by atoms with E-state index in [0.717, 1.165) is 0 Å². The van der Waals surface area contributed by atoms with E-state index in [1.54, 1.807) is 0 Å². The molecule has 0 aliphatic rings. The van der Waals surface area contributed by atoms with Crippen LogP contribution in [0.4, 0.5) is 0 Å². The SMILES string of the molecule is C/C(=C(\c1ccccc1C)C(C)C)c1c(C)ccc2ccccc12. The molecular formula is C24H26. The molecule has 0 amide bonds.